The van der Waals surface area contributed by atoms with Gasteiger partial charge in [-0.05, 0) is 24.3 Å². The summed E-state index contributed by atoms with van der Waals surface area (Å²) in [5.74, 6) is -1.17. The molecule has 0 atom stereocenters. The van der Waals surface area contributed by atoms with E-state index in [-0.39, 0.29) is 21.4 Å². The smallest absolute Gasteiger partial charge is 0.337 e. The van der Waals surface area contributed by atoms with Gasteiger partial charge in [0, 0.05) is 12.4 Å². The predicted molar refractivity (Wildman–Crippen MR) is 71.3 cm³/mol. The standard InChI is InChI=1S/C11H8ClN3O4S/c12-10-8(2-1-5-13-10)20(18,19)15-9-4-3-7(6-14-9)11(16)17/h1-6H,(H,14,15)(H,16,17). The number of halogens is 1. The van der Waals surface area contributed by atoms with Crippen LogP contribution < -0.4 is 4.72 Å². The van der Waals surface area contributed by atoms with Crippen LogP contribution in [0, 0.1) is 0 Å². The van der Waals surface area contributed by atoms with Crippen molar-refractivity contribution < 1.29 is 18.3 Å². The second-order valence-electron chi connectivity index (χ2n) is 3.64. The van der Waals surface area contributed by atoms with Crippen LogP contribution in [-0.4, -0.2) is 29.5 Å². The van der Waals surface area contributed by atoms with Gasteiger partial charge in [0.25, 0.3) is 10.0 Å². The number of pyridine rings is 2. The molecular formula is C11H8ClN3O4S. The fraction of sp³-hybridized carbons (Fsp3) is 0. The van der Waals surface area contributed by atoms with Gasteiger partial charge in [-0.25, -0.2) is 23.2 Å². The van der Waals surface area contributed by atoms with Crippen LogP contribution in [0.5, 0.6) is 0 Å². The number of hydrogen-bond acceptors (Lipinski definition) is 5. The minimum absolute atomic E-state index is 0.0186. The zero-order valence-electron chi connectivity index (χ0n) is 9.82. The average molecular weight is 314 g/mol. The van der Waals surface area contributed by atoms with Gasteiger partial charge in [-0.2, -0.15) is 0 Å². The molecule has 0 spiro atoms. The molecule has 7 nitrogen and oxygen atoms in total. The van der Waals surface area contributed by atoms with Gasteiger partial charge in [-0.3, -0.25) is 4.72 Å². The molecule has 0 unspecified atom stereocenters. The molecule has 0 amide bonds. The number of carbonyl (C=O) groups is 1. The van der Waals surface area contributed by atoms with E-state index in [0.717, 1.165) is 6.20 Å². The highest BCUT2D eigenvalue weighted by atomic mass is 35.5. The predicted octanol–water partition coefficient (Wildman–Crippen LogP) is 1.63. The summed E-state index contributed by atoms with van der Waals surface area (Å²) in [5.41, 5.74) is -0.0487. The summed E-state index contributed by atoms with van der Waals surface area (Å²) in [4.78, 5) is 17.8. The molecule has 0 aliphatic rings. The Labute approximate surface area is 119 Å². The number of sulfonamides is 1. The number of nitrogens with zero attached hydrogens (tertiary/aromatic N) is 2. The Morgan fingerprint density at radius 2 is 2.00 bits per heavy atom. The number of aromatic nitrogens is 2. The number of rotatable bonds is 4. The Balaban J connectivity index is 2.29. The van der Waals surface area contributed by atoms with Crippen LogP contribution in [0.25, 0.3) is 0 Å². The monoisotopic (exact) mass is 313 g/mol. The van der Waals surface area contributed by atoms with E-state index >= 15 is 0 Å². The zero-order chi connectivity index (χ0) is 14.8. The second kappa shape index (κ2) is 5.43. The summed E-state index contributed by atoms with van der Waals surface area (Å²) < 4.78 is 26.3. The number of nitrogens with one attached hydrogen (secondary N) is 1. The Bertz CT molecular complexity index is 747. The van der Waals surface area contributed by atoms with E-state index in [9.17, 15) is 13.2 Å². The lowest BCUT2D eigenvalue weighted by atomic mass is 10.3. The van der Waals surface area contributed by atoms with E-state index in [4.69, 9.17) is 16.7 Å². The minimum Gasteiger partial charge on any atom is -0.478 e. The molecule has 0 aliphatic carbocycles. The molecule has 104 valence electrons. The van der Waals surface area contributed by atoms with Crippen LogP contribution in [0.15, 0.2) is 41.6 Å². The number of carboxylic acids is 1. The summed E-state index contributed by atoms with van der Waals surface area (Å²) in [6, 6.07) is 5.20. The zero-order valence-corrected chi connectivity index (χ0v) is 11.4. The molecule has 0 radical (unpaired) electrons. The summed E-state index contributed by atoms with van der Waals surface area (Å²) in [6.07, 6.45) is 2.41. The summed E-state index contributed by atoms with van der Waals surface area (Å²) in [7, 11) is -3.93. The van der Waals surface area contributed by atoms with Gasteiger partial charge < -0.3 is 5.11 Å². The summed E-state index contributed by atoms with van der Waals surface area (Å²) >= 11 is 5.71. The van der Waals surface area contributed by atoms with Gasteiger partial charge in [0.15, 0.2) is 0 Å². The van der Waals surface area contributed by atoms with Crippen molar-refractivity contribution in [3.8, 4) is 0 Å². The quantitative estimate of drug-likeness (QED) is 0.830. The van der Waals surface area contributed by atoms with Crippen LogP contribution in [0.3, 0.4) is 0 Å². The molecule has 2 aromatic heterocycles. The van der Waals surface area contributed by atoms with Crippen molar-refractivity contribution in [3.05, 3.63) is 47.4 Å². The van der Waals surface area contributed by atoms with E-state index in [1.807, 2.05) is 0 Å². The van der Waals surface area contributed by atoms with Gasteiger partial charge in [0.05, 0.1) is 5.56 Å². The molecule has 20 heavy (non-hydrogen) atoms. The molecule has 9 heteroatoms. The SMILES string of the molecule is O=C(O)c1ccc(NS(=O)(=O)c2cccnc2Cl)nc1. The third kappa shape index (κ3) is 3.03. The van der Waals surface area contributed by atoms with Crippen molar-refractivity contribution >= 4 is 33.4 Å². The van der Waals surface area contributed by atoms with E-state index in [1.54, 1.807) is 0 Å². The van der Waals surface area contributed by atoms with Crippen molar-refractivity contribution in [2.45, 2.75) is 4.90 Å². The number of carboxylic acid groups (broad SMARTS) is 1. The Morgan fingerprint density at radius 1 is 1.25 bits per heavy atom. The number of anilines is 1. The van der Waals surface area contributed by atoms with Crippen molar-refractivity contribution in [1.29, 1.82) is 0 Å². The lowest BCUT2D eigenvalue weighted by Gasteiger charge is -2.08. The fourth-order valence-corrected chi connectivity index (χ4v) is 2.81. The first-order valence-electron chi connectivity index (χ1n) is 5.23. The second-order valence-corrected chi connectivity index (χ2v) is 5.64. The summed E-state index contributed by atoms with van der Waals surface area (Å²) in [6.45, 7) is 0. The topological polar surface area (TPSA) is 109 Å². The maximum atomic E-state index is 12.0. The molecule has 2 rings (SSSR count). The van der Waals surface area contributed by atoms with Gasteiger partial charge >= 0.3 is 5.97 Å². The highest BCUT2D eigenvalue weighted by molar-refractivity contribution is 7.92. The molecule has 2 heterocycles. The first kappa shape index (κ1) is 14.2. The van der Waals surface area contributed by atoms with Crippen LogP contribution in [0.4, 0.5) is 5.82 Å². The average Bonchev–Trinajstić information content (AvgIpc) is 2.39. The molecule has 0 aromatic carbocycles. The molecule has 0 saturated heterocycles. The number of aromatic carboxylic acids is 1. The largest absolute Gasteiger partial charge is 0.478 e. The van der Waals surface area contributed by atoms with Gasteiger partial charge in [0.2, 0.25) is 0 Å². The molecular weight excluding hydrogens is 306 g/mol. The first-order valence-corrected chi connectivity index (χ1v) is 7.09. The molecule has 0 aliphatic heterocycles. The van der Waals surface area contributed by atoms with Gasteiger partial charge in [-0.1, -0.05) is 11.6 Å². The van der Waals surface area contributed by atoms with E-state index in [0.29, 0.717) is 0 Å². The van der Waals surface area contributed by atoms with Gasteiger partial charge in [-0.15, -0.1) is 0 Å². The third-order valence-corrected chi connectivity index (χ3v) is 4.06. The third-order valence-electron chi connectivity index (χ3n) is 2.26. The molecule has 0 fully saturated rings. The van der Waals surface area contributed by atoms with E-state index < -0.39 is 16.0 Å². The maximum Gasteiger partial charge on any atom is 0.337 e. The molecule has 0 saturated carbocycles. The Hall–Kier alpha value is -2.19. The fourth-order valence-electron chi connectivity index (χ4n) is 1.35. The highest BCUT2D eigenvalue weighted by Crippen LogP contribution is 2.20. The first-order chi connectivity index (χ1) is 9.40. The normalized spacial score (nSPS) is 11.1. The lowest BCUT2D eigenvalue weighted by Crippen LogP contribution is -2.15. The van der Waals surface area contributed by atoms with Crippen LogP contribution >= 0.6 is 11.6 Å². The van der Waals surface area contributed by atoms with Crippen LogP contribution in [0.1, 0.15) is 10.4 Å². The maximum absolute atomic E-state index is 12.0. The van der Waals surface area contributed by atoms with Crippen LogP contribution in [0.2, 0.25) is 5.15 Å². The van der Waals surface area contributed by atoms with E-state index in [1.165, 1.54) is 30.5 Å². The molecule has 0 bridgehead atoms. The Morgan fingerprint density at radius 3 is 2.55 bits per heavy atom. The van der Waals surface area contributed by atoms with Crippen molar-refractivity contribution in [3.63, 3.8) is 0 Å². The van der Waals surface area contributed by atoms with Gasteiger partial charge in [0.1, 0.15) is 15.9 Å². The van der Waals surface area contributed by atoms with Crippen molar-refractivity contribution in [1.82, 2.24) is 9.97 Å². The van der Waals surface area contributed by atoms with Crippen LogP contribution in [-0.2, 0) is 10.0 Å². The Kier molecular flexibility index (Phi) is 3.86. The lowest BCUT2D eigenvalue weighted by molar-refractivity contribution is 0.0696. The molecule has 2 N–H and O–H groups in total. The summed E-state index contributed by atoms with van der Waals surface area (Å²) in [5, 5.41) is 8.55. The van der Waals surface area contributed by atoms with E-state index in [2.05, 4.69) is 14.7 Å². The molecule has 2 aromatic rings. The number of hydrogen-bond donors (Lipinski definition) is 2. The minimum atomic E-state index is -3.93. The van der Waals surface area contributed by atoms with Crippen molar-refractivity contribution in [2.75, 3.05) is 4.72 Å². The highest BCUT2D eigenvalue weighted by Gasteiger charge is 2.19. The van der Waals surface area contributed by atoms with Crippen molar-refractivity contribution in [2.24, 2.45) is 0 Å².